The molecule has 0 radical (unpaired) electrons. The van der Waals surface area contributed by atoms with Gasteiger partial charge in [0.1, 0.15) is 0 Å². The van der Waals surface area contributed by atoms with Crippen LogP contribution in [0, 0.1) is 0 Å². The number of benzene rings is 2. The van der Waals surface area contributed by atoms with Gasteiger partial charge in [0.25, 0.3) is 11.8 Å². The van der Waals surface area contributed by atoms with Crippen LogP contribution < -0.4 is 5.32 Å². The Hall–Kier alpha value is -2.09. The zero-order chi connectivity index (χ0) is 21.7. The van der Waals surface area contributed by atoms with Crippen molar-refractivity contribution < 1.29 is 18.0 Å². The number of hydrogen-bond donors (Lipinski definition) is 1. The van der Waals surface area contributed by atoms with Gasteiger partial charge < -0.3 is 10.2 Å². The van der Waals surface area contributed by atoms with Crippen molar-refractivity contribution in [2.75, 3.05) is 24.6 Å². The lowest BCUT2D eigenvalue weighted by molar-refractivity contribution is 0.0694. The first-order valence-corrected chi connectivity index (χ1v) is 12.1. The number of carbonyl (C=O) groups excluding carboxylic acids is 2. The number of carbonyl (C=O) groups is 2. The fourth-order valence-corrected chi connectivity index (χ4v) is 5.37. The van der Waals surface area contributed by atoms with E-state index in [-0.39, 0.29) is 29.4 Å². The molecule has 0 bridgehead atoms. The Morgan fingerprint density at radius 2 is 1.53 bits per heavy atom. The van der Waals surface area contributed by atoms with Gasteiger partial charge in [-0.1, -0.05) is 23.2 Å². The van der Waals surface area contributed by atoms with E-state index in [0.29, 0.717) is 47.1 Å². The Bertz CT molecular complexity index is 1010. The number of halogens is 2. The molecular formula is C21H22Cl2N2O4S. The largest absolute Gasteiger partial charge is 0.352 e. The number of nitrogens with zero attached hydrogens (tertiary/aromatic N) is 1. The summed E-state index contributed by atoms with van der Waals surface area (Å²) in [7, 11) is -3.14. The second-order valence-electron chi connectivity index (χ2n) is 7.18. The Labute approximate surface area is 186 Å². The van der Waals surface area contributed by atoms with Gasteiger partial charge in [-0.25, -0.2) is 8.42 Å². The first-order valence-electron chi connectivity index (χ1n) is 9.56. The second kappa shape index (κ2) is 9.81. The number of sulfone groups is 1. The van der Waals surface area contributed by atoms with Crippen LogP contribution in [0.2, 0.25) is 10.0 Å². The smallest absolute Gasteiger partial charge is 0.254 e. The maximum absolute atomic E-state index is 13.0. The zero-order valence-corrected chi connectivity index (χ0v) is 18.5. The SMILES string of the molecule is O=C(NCCCN(C(=O)c1ccc(Cl)cc1)C1CCS(=O)(=O)C1)c1ccc(Cl)cc1. The fraction of sp³-hybridized carbons (Fsp3) is 0.333. The molecule has 1 aliphatic heterocycles. The molecule has 6 nitrogen and oxygen atoms in total. The molecule has 0 spiro atoms. The molecular weight excluding hydrogens is 447 g/mol. The third kappa shape index (κ3) is 5.97. The van der Waals surface area contributed by atoms with E-state index in [1.54, 1.807) is 53.4 Å². The quantitative estimate of drug-likeness (QED) is 0.630. The van der Waals surface area contributed by atoms with E-state index in [9.17, 15) is 18.0 Å². The predicted octanol–water partition coefficient (Wildman–Crippen LogP) is 3.44. The van der Waals surface area contributed by atoms with E-state index < -0.39 is 9.84 Å². The van der Waals surface area contributed by atoms with E-state index in [4.69, 9.17) is 23.2 Å². The van der Waals surface area contributed by atoms with Gasteiger partial charge in [-0.15, -0.1) is 0 Å². The van der Waals surface area contributed by atoms with Crippen molar-refractivity contribution in [3.8, 4) is 0 Å². The van der Waals surface area contributed by atoms with E-state index in [1.165, 1.54) is 0 Å². The van der Waals surface area contributed by atoms with Crippen molar-refractivity contribution in [3.63, 3.8) is 0 Å². The summed E-state index contributed by atoms with van der Waals surface area (Å²) < 4.78 is 23.9. The molecule has 1 fully saturated rings. The molecule has 2 aromatic carbocycles. The van der Waals surface area contributed by atoms with Crippen molar-refractivity contribution in [3.05, 3.63) is 69.7 Å². The molecule has 1 unspecified atom stereocenters. The van der Waals surface area contributed by atoms with Crippen molar-refractivity contribution in [1.29, 1.82) is 0 Å². The van der Waals surface area contributed by atoms with Crippen LogP contribution in [0.15, 0.2) is 48.5 Å². The molecule has 0 aromatic heterocycles. The highest BCUT2D eigenvalue weighted by molar-refractivity contribution is 7.91. The van der Waals surface area contributed by atoms with Crippen LogP contribution in [0.5, 0.6) is 0 Å². The minimum Gasteiger partial charge on any atom is -0.352 e. The number of nitrogens with one attached hydrogen (secondary N) is 1. The highest BCUT2D eigenvalue weighted by atomic mass is 35.5. The molecule has 30 heavy (non-hydrogen) atoms. The molecule has 2 aromatic rings. The lowest BCUT2D eigenvalue weighted by atomic mass is 10.1. The topological polar surface area (TPSA) is 83.6 Å². The fourth-order valence-electron chi connectivity index (χ4n) is 3.38. The highest BCUT2D eigenvalue weighted by Gasteiger charge is 2.34. The van der Waals surface area contributed by atoms with Crippen molar-refractivity contribution >= 4 is 44.9 Å². The Kier molecular flexibility index (Phi) is 7.39. The molecule has 160 valence electrons. The average Bonchev–Trinajstić information content (AvgIpc) is 3.08. The van der Waals surface area contributed by atoms with Crippen LogP contribution in [0.3, 0.4) is 0 Å². The molecule has 1 N–H and O–H groups in total. The van der Waals surface area contributed by atoms with Crippen molar-refractivity contribution in [1.82, 2.24) is 10.2 Å². The van der Waals surface area contributed by atoms with Crippen LogP contribution in [-0.2, 0) is 9.84 Å². The Balaban J connectivity index is 1.62. The molecule has 9 heteroatoms. The van der Waals surface area contributed by atoms with Crippen molar-refractivity contribution in [2.24, 2.45) is 0 Å². The predicted molar refractivity (Wildman–Crippen MR) is 118 cm³/mol. The van der Waals surface area contributed by atoms with Crippen molar-refractivity contribution in [2.45, 2.75) is 18.9 Å². The van der Waals surface area contributed by atoms with Gasteiger partial charge in [0.05, 0.1) is 11.5 Å². The molecule has 1 heterocycles. The van der Waals surface area contributed by atoms with Crippen LogP contribution >= 0.6 is 23.2 Å². The Morgan fingerprint density at radius 1 is 0.967 bits per heavy atom. The standard InChI is InChI=1S/C21H22Cl2N2O4S/c22-17-6-2-15(3-7-17)20(26)24-11-1-12-25(19-10-13-30(28,29)14-19)21(27)16-4-8-18(23)9-5-16/h2-9,19H,1,10-14H2,(H,24,26). The maximum atomic E-state index is 13.0. The third-order valence-corrected chi connectivity index (χ3v) is 7.22. The van der Waals surface area contributed by atoms with Crippen LogP contribution in [-0.4, -0.2) is 55.8 Å². The van der Waals surface area contributed by atoms with Gasteiger partial charge in [0.2, 0.25) is 0 Å². The lowest BCUT2D eigenvalue weighted by Crippen LogP contribution is -2.42. The summed E-state index contributed by atoms with van der Waals surface area (Å²) in [5.74, 6) is -0.428. The Morgan fingerprint density at radius 3 is 2.07 bits per heavy atom. The first kappa shape index (κ1) is 22.6. The molecule has 3 rings (SSSR count). The molecule has 1 aliphatic rings. The van der Waals surface area contributed by atoms with Gasteiger partial charge in [-0.3, -0.25) is 9.59 Å². The van der Waals surface area contributed by atoms with Gasteiger partial charge >= 0.3 is 0 Å². The molecule has 0 saturated carbocycles. The van der Waals surface area contributed by atoms with Crippen LogP contribution in [0.1, 0.15) is 33.6 Å². The summed E-state index contributed by atoms with van der Waals surface area (Å²) in [4.78, 5) is 26.8. The van der Waals surface area contributed by atoms with Gasteiger partial charge in [0.15, 0.2) is 9.84 Å². The summed E-state index contributed by atoms with van der Waals surface area (Å²) in [6, 6.07) is 12.7. The monoisotopic (exact) mass is 468 g/mol. The summed E-state index contributed by atoms with van der Waals surface area (Å²) in [6.07, 6.45) is 0.911. The number of rotatable bonds is 7. The number of amides is 2. The second-order valence-corrected chi connectivity index (χ2v) is 10.3. The highest BCUT2D eigenvalue weighted by Crippen LogP contribution is 2.21. The van der Waals surface area contributed by atoms with E-state index in [0.717, 1.165) is 0 Å². The summed E-state index contributed by atoms with van der Waals surface area (Å²) in [5.41, 5.74) is 0.948. The summed E-state index contributed by atoms with van der Waals surface area (Å²) in [5, 5.41) is 3.88. The van der Waals surface area contributed by atoms with Gasteiger partial charge in [-0.05, 0) is 61.4 Å². The van der Waals surface area contributed by atoms with Crippen LogP contribution in [0.4, 0.5) is 0 Å². The summed E-state index contributed by atoms with van der Waals surface area (Å²) >= 11 is 11.7. The minimum atomic E-state index is -3.14. The van der Waals surface area contributed by atoms with Gasteiger partial charge in [0, 0.05) is 40.3 Å². The van der Waals surface area contributed by atoms with Crippen LogP contribution in [0.25, 0.3) is 0 Å². The normalized spacial score (nSPS) is 17.5. The van der Waals surface area contributed by atoms with E-state index in [1.807, 2.05) is 0 Å². The zero-order valence-electron chi connectivity index (χ0n) is 16.2. The van der Waals surface area contributed by atoms with Gasteiger partial charge in [-0.2, -0.15) is 0 Å². The minimum absolute atomic E-state index is 0.0382. The number of hydrogen-bond acceptors (Lipinski definition) is 4. The molecule has 1 atom stereocenters. The van der Waals surface area contributed by atoms with E-state index in [2.05, 4.69) is 5.32 Å². The summed E-state index contributed by atoms with van der Waals surface area (Å²) in [6.45, 7) is 0.688. The molecule has 1 saturated heterocycles. The average molecular weight is 469 g/mol. The lowest BCUT2D eigenvalue weighted by Gasteiger charge is -2.28. The first-order chi connectivity index (χ1) is 14.2. The maximum Gasteiger partial charge on any atom is 0.254 e. The third-order valence-electron chi connectivity index (χ3n) is 4.97. The molecule has 2 amide bonds. The van der Waals surface area contributed by atoms with E-state index >= 15 is 0 Å². The molecule has 0 aliphatic carbocycles.